The first-order valence-electron chi connectivity index (χ1n) is 8.57. The second kappa shape index (κ2) is 10.2. The third-order valence-electron chi connectivity index (χ3n) is 3.74. The maximum atomic E-state index is 12.1. The Morgan fingerprint density at radius 2 is 1.65 bits per heavy atom. The van der Waals surface area contributed by atoms with Crippen LogP contribution in [0.2, 0.25) is 0 Å². The minimum absolute atomic E-state index is 0.105. The SMILES string of the molecule is CCOC(=O)COc1ccc(CCNC(=O)c2ccc(CN)cc2)cc1. The Morgan fingerprint density at radius 1 is 1.00 bits per heavy atom. The lowest BCUT2D eigenvalue weighted by Crippen LogP contribution is -2.25. The number of hydrogen-bond acceptors (Lipinski definition) is 5. The summed E-state index contributed by atoms with van der Waals surface area (Å²) in [6.45, 7) is 2.97. The fourth-order valence-corrected chi connectivity index (χ4v) is 2.31. The van der Waals surface area contributed by atoms with Crippen molar-refractivity contribution in [2.75, 3.05) is 19.8 Å². The second-order valence-corrected chi connectivity index (χ2v) is 5.64. The Bertz CT molecular complexity index is 712. The zero-order chi connectivity index (χ0) is 18.8. The van der Waals surface area contributed by atoms with Crippen LogP contribution in [-0.4, -0.2) is 31.6 Å². The molecule has 2 aromatic carbocycles. The maximum Gasteiger partial charge on any atom is 0.344 e. The number of esters is 1. The van der Waals surface area contributed by atoms with E-state index >= 15 is 0 Å². The summed E-state index contributed by atoms with van der Waals surface area (Å²) >= 11 is 0. The number of nitrogens with two attached hydrogens (primary N) is 1. The summed E-state index contributed by atoms with van der Waals surface area (Å²) < 4.78 is 10.1. The first kappa shape index (κ1) is 19.5. The Morgan fingerprint density at radius 3 is 2.27 bits per heavy atom. The van der Waals surface area contributed by atoms with Gasteiger partial charge in [0.25, 0.3) is 5.91 Å². The molecule has 0 heterocycles. The van der Waals surface area contributed by atoms with Crippen LogP contribution >= 0.6 is 0 Å². The van der Waals surface area contributed by atoms with E-state index < -0.39 is 5.97 Å². The Labute approximate surface area is 153 Å². The van der Waals surface area contributed by atoms with Gasteiger partial charge in [0.05, 0.1) is 6.61 Å². The lowest BCUT2D eigenvalue weighted by molar-refractivity contribution is -0.145. The molecule has 0 saturated heterocycles. The molecule has 0 aliphatic rings. The number of rotatable bonds is 9. The quantitative estimate of drug-likeness (QED) is 0.671. The molecule has 26 heavy (non-hydrogen) atoms. The summed E-state index contributed by atoms with van der Waals surface area (Å²) in [5.74, 6) is 0.104. The molecule has 6 heteroatoms. The third kappa shape index (κ3) is 6.22. The molecular formula is C20H24N2O4. The molecule has 0 spiro atoms. The summed E-state index contributed by atoms with van der Waals surface area (Å²) in [5.41, 5.74) is 8.22. The van der Waals surface area contributed by atoms with Crippen molar-refractivity contribution in [2.45, 2.75) is 19.9 Å². The van der Waals surface area contributed by atoms with Gasteiger partial charge in [-0.2, -0.15) is 0 Å². The molecule has 1 amide bonds. The van der Waals surface area contributed by atoms with Crippen LogP contribution in [0.3, 0.4) is 0 Å². The van der Waals surface area contributed by atoms with E-state index in [2.05, 4.69) is 5.32 Å². The van der Waals surface area contributed by atoms with Crippen molar-refractivity contribution >= 4 is 11.9 Å². The molecule has 0 aliphatic carbocycles. The largest absolute Gasteiger partial charge is 0.482 e. The fraction of sp³-hybridized carbons (Fsp3) is 0.300. The molecule has 0 atom stereocenters. The van der Waals surface area contributed by atoms with Gasteiger partial charge < -0.3 is 20.5 Å². The molecule has 0 unspecified atom stereocenters. The summed E-state index contributed by atoms with van der Waals surface area (Å²) in [6.07, 6.45) is 0.699. The maximum absolute atomic E-state index is 12.1. The van der Waals surface area contributed by atoms with Crippen LogP contribution in [0.1, 0.15) is 28.4 Å². The zero-order valence-corrected chi connectivity index (χ0v) is 14.9. The standard InChI is InChI=1S/C20H24N2O4/c1-2-25-19(23)14-26-18-9-5-15(6-10-18)11-12-22-20(24)17-7-3-16(13-21)4-8-17/h3-10H,2,11-14,21H2,1H3,(H,22,24). The van der Waals surface area contributed by atoms with Crippen molar-refractivity contribution in [3.8, 4) is 5.75 Å². The zero-order valence-electron chi connectivity index (χ0n) is 14.9. The first-order valence-corrected chi connectivity index (χ1v) is 8.57. The number of benzene rings is 2. The average molecular weight is 356 g/mol. The Kier molecular flexibility index (Phi) is 7.64. The summed E-state index contributed by atoms with van der Waals surface area (Å²) in [6, 6.07) is 14.6. The van der Waals surface area contributed by atoms with Crippen LogP contribution < -0.4 is 15.8 Å². The van der Waals surface area contributed by atoms with Gasteiger partial charge in [0, 0.05) is 18.7 Å². The van der Waals surface area contributed by atoms with E-state index in [1.165, 1.54) is 0 Å². The van der Waals surface area contributed by atoms with E-state index in [1.54, 1.807) is 31.2 Å². The van der Waals surface area contributed by atoms with Gasteiger partial charge in [-0.15, -0.1) is 0 Å². The highest BCUT2D eigenvalue weighted by Crippen LogP contribution is 2.12. The highest BCUT2D eigenvalue weighted by atomic mass is 16.6. The second-order valence-electron chi connectivity index (χ2n) is 5.64. The smallest absolute Gasteiger partial charge is 0.344 e. The highest BCUT2D eigenvalue weighted by Gasteiger charge is 2.05. The first-order chi connectivity index (χ1) is 12.6. The fourth-order valence-electron chi connectivity index (χ4n) is 2.31. The number of nitrogens with one attached hydrogen (secondary N) is 1. The molecule has 0 saturated carbocycles. The molecule has 2 rings (SSSR count). The van der Waals surface area contributed by atoms with Crippen LogP contribution in [0.15, 0.2) is 48.5 Å². The minimum atomic E-state index is -0.390. The van der Waals surface area contributed by atoms with Crippen LogP contribution in [0.4, 0.5) is 0 Å². The van der Waals surface area contributed by atoms with E-state index in [0.29, 0.717) is 37.4 Å². The number of amides is 1. The molecule has 2 aromatic rings. The number of ether oxygens (including phenoxy) is 2. The lowest BCUT2D eigenvalue weighted by atomic mass is 10.1. The van der Waals surface area contributed by atoms with Gasteiger partial charge in [-0.25, -0.2) is 4.79 Å². The number of carbonyl (C=O) groups excluding carboxylic acids is 2. The van der Waals surface area contributed by atoms with Gasteiger partial charge >= 0.3 is 5.97 Å². The molecule has 0 aromatic heterocycles. The van der Waals surface area contributed by atoms with E-state index in [0.717, 1.165) is 11.1 Å². The van der Waals surface area contributed by atoms with Crippen molar-refractivity contribution < 1.29 is 19.1 Å². The van der Waals surface area contributed by atoms with Gasteiger partial charge in [-0.3, -0.25) is 4.79 Å². The normalized spacial score (nSPS) is 10.2. The van der Waals surface area contributed by atoms with Crippen LogP contribution in [0, 0.1) is 0 Å². The average Bonchev–Trinajstić information content (AvgIpc) is 2.67. The van der Waals surface area contributed by atoms with Crippen molar-refractivity contribution in [1.29, 1.82) is 0 Å². The highest BCUT2D eigenvalue weighted by molar-refractivity contribution is 5.94. The lowest BCUT2D eigenvalue weighted by Gasteiger charge is -2.08. The molecular weight excluding hydrogens is 332 g/mol. The predicted octanol–water partition coefficient (Wildman–Crippen LogP) is 2.06. The van der Waals surface area contributed by atoms with Crippen LogP contribution in [0.25, 0.3) is 0 Å². The number of hydrogen-bond donors (Lipinski definition) is 2. The van der Waals surface area contributed by atoms with E-state index in [9.17, 15) is 9.59 Å². The predicted molar refractivity (Wildman–Crippen MR) is 98.9 cm³/mol. The van der Waals surface area contributed by atoms with Gasteiger partial charge in [-0.1, -0.05) is 24.3 Å². The van der Waals surface area contributed by atoms with Crippen molar-refractivity contribution in [3.63, 3.8) is 0 Å². The van der Waals surface area contributed by atoms with Crippen molar-refractivity contribution in [1.82, 2.24) is 5.32 Å². The van der Waals surface area contributed by atoms with Crippen molar-refractivity contribution in [3.05, 3.63) is 65.2 Å². The molecule has 0 radical (unpaired) electrons. The van der Waals surface area contributed by atoms with E-state index in [-0.39, 0.29) is 12.5 Å². The van der Waals surface area contributed by atoms with Gasteiger partial charge in [0.1, 0.15) is 5.75 Å². The van der Waals surface area contributed by atoms with E-state index in [1.807, 2.05) is 24.3 Å². The summed E-state index contributed by atoms with van der Waals surface area (Å²) in [5, 5.41) is 2.89. The Balaban J connectivity index is 1.75. The van der Waals surface area contributed by atoms with Crippen molar-refractivity contribution in [2.24, 2.45) is 5.73 Å². The topological polar surface area (TPSA) is 90.6 Å². The monoisotopic (exact) mass is 356 g/mol. The van der Waals surface area contributed by atoms with Gasteiger partial charge in [0.15, 0.2) is 6.61 Å². The molecule has 3 N–H and O–H groups in total. The van der Waals surface area contributed by atoms with Gasteiger partial charge in [-0.05, 0) is 48.7 Å². The molecule has 0 bridgehead atoms. The summed E-state index contributed by atoms with van der Waals surface area (Å²) in [4.78, 5) is 23.3. The Hall–Kier alpha value is -2.86. The number of carbonyl (C=O) groups is 2. The molecule has 138 valence electrons. The third-order valence-corrected chi connectivity index (χ3v) is 3.74. The molecule has 6 nitrogen and oxygen atoms in total. The van der Waals surface area contributed by atoms with Gasteiger partial charge in [0.2, 0.25) is 0 Å². The molecule has 0 aliphatic heterocycles. The molecule has 0 fully saturated rings. The van der Waals surface area contributed by atoms with E-state index in [4.69, 9.17) is 15.2 Å². The minimum Gasteiger partial charge on any atom is -0.482 e. The van der Waals surface area contributed by atoms with Crippen LogP contribution in [0.5, 0.6) is 5.75 Å². The summed E-state index contributed by atoms with van der Waals surface area (Å²) in [7, 11) is 0. The van der Waals surface area contributed by atoms with Crippen LogP contribution in [-0.2, 0) is 22.5 Å².